The van der Waals surface area contributed by atoms with Gasteiger partial charge in [-0.2, -0.15) is 0 Å². The summed E-state index contributed by atoms with van der Waals surface area (Å²) < 4.78 is 5.21. The van der Waals surface area contributed by atoms with Crippen molar-refractivity contribution in [3.8, 4) is 16.2 Å². The summed E-state index contributed by atoms with van der Waals surface area (Å²) in [6, 6.07) is 15.6. The van der Waals surface area contributed by atoms with Gasteiger partial charge in [-0.3, -0.25) is 9.78 Å². The molecule has 0 atom stereocenters. The molecule has 1 aromatic carbocycles. The third kappa shape index (κ3) is 4.00. The highest BCUT2D eigenvalue weighted by Gasteiger charge is 2.10. The van der Waals surface area contributed by atoms with E-state index in [9.17, 15) is 4.79 Å². The predicted octanol–water partition coefficient (Wildman–Crippen LogP) is 3.79. The Hall–Kier alpha value is -2.66. The Kier molecular flexibility index (Phi) is 5.23. The van der Waals surface area contributed by atoms with Crippen LogP contribution in [0.2, 0.25) is 0 Å². The van der Waals surface area contributed by atoms with Crippen LogP contribution < -0.4 is 10.1 Å². The standard InChI is InChI=1S/C19H18N2O2S/c1-23-16-4-2-3-14(13-16)7-12-21-19(22)18-6-5-17(24-18)15-8-10-20-11-9-15/h2-6,8-11,13H,7,12H2,1H3,(H,21,22). The second kappa shape index (κ2) is 7.75. The Balaban J connectivity index is 1.56. The Bertz CT molecular complexity index is 815. The van der Waals surface area contributed by atoms with Crippen LogP contribution in [0.5, 0.6) is 5.75 Å². The molecule has 5 heteroatoms. The highest BCUT2D eigenvalue weighted by Crippen LogP contribution is 2.27. The molecule has 0 saturated heterocycles. The third-order valence-electron chi connectivity index (χ3n) is 3.63. The number of carbonyl (C=O) groups is 1. The maximum absolute atomic E-state index is 12.3. The smallest absolute Gasteiger partial charge is 0.261 e. The van der Waals surface area contributed by atoms with Crippen molar-refractivity contribution in [2.24, 2.45) is 0 Å². The highest BCUT2D eigenvalue weighted by molar-refractivity contribution is 7.17. The first-order valence-electron chi connectivity index (χ1n) is 7.67. The number of amides is 1. The van der Waals surface area contributed by atoms with Crippen LogP contribution in [-0.2, 0) is 6.42 Å². The fourth-order valence-electron chi connectivity index (χ4n) is 2.37. The van der Waals surface area contributed by atoms with Crippen molar-refractivity contribution >= 4 is 17.2 Å². The van der Waals surface area contributed by atoms with Gasteiger partial charge in [-0.25, -0.2) is 0 Å². The lowest BCUT2D eigenvalue weighted by Crippen LogP contribution is -2.24. The Morgan fingerprint density at radius 3 is 2.79 bits per heavy atom. The number of thiophene rings is 1. The molecule has 0 aliphatic rings. The fraction of sp³-hybridized carbons (Fsp3) is 0.158. The van der Waals surface area contributed by atoms with Gasteiger partial charge in [0.1, 0.15) is 5.75 Å². The van der Waals surface area contributed by atoms with Crippen LogP contribution in [0.3, 0.4) is 0 Å². The molecule has 3 aromatic rings. The van der Waals surface area contributed by atoms with E-state index in [-0.39, 0.29) is 5.91 Å². The molecular formula is C19H18N2O2S. The van der Waals surface area contributed by atoms with Gasteiger partial charge in [-0.05, 0) is 53.9 Å². The van der Waals surface area contributed by atoms with Crippen molar-refractivity contribution in [3.63, 3.8) is 0 Å². The molecule has 0 aliphatic heterocycles. The van der Waals surface area contributed by atoms with Crippen molar-refractivity contribution in [2.75, 3.05) is 13.7 Å². The van der Waals surface area contributed by atoms with Crippen LogP contribution in [0.1, 0.15) is 15.2 Å². The zero-order valence-corrected chi connectivity index (χ0v) is 14.2. The Labute approximate surface area is 145 Å². The topological polar surface area (TPSA) is 51.2 Å². The van der Waals surface area contributed by atoms with Crippen LogP contribution in [0.25, 0.3) is 10.4 Å². The van der Waals surface area contributed by atoms with Gasteiger partial charge in [0.25, 0.3) is 5.91 Å². The number of carbonyl (C=O) groups excluding carboxylic acids is 1. The maximum atomic E-state index is 12.3. The third-order valence-corrected chi connectivity index (χ3v) is 4.76. The lowest BCUT2D eigenvalue weighted by atomic mass is 10.1. The first-order chi connectivity index (χ1) is 11.8. The van der Waals surface area contributed by atoms with Gasteiger partial charge in [0.05, 0.1) is 12.0 Å². The van der Waals surface area contributed by atoms with Gasteiger partial charge < -0.3 is 10.1 Å². The minimum absolute atomic E-state index is 0.0387. The molecule has 4 nitrogen and oxygen atoms in total. The number of hydrogen-bond donors (Lipinski definition) is 1. The fourth-order valence-corrected chi connectivity index (χ4v) is 3.29. The summed E-state index contributed by atoms with van der Waals surface area (Å²) in [5.41, 5.74) is 2.21. The van der Waals surface area contributed by atoms with Crippen LogP contribution in [0, 0.1) is 0 Å². The first kappa shape index (κ1) is 16.2. The molecule has 1 amide bonds. The van der Waals surface area contributed by atoms with Crippen molar-refractivity contribution < 1.29 is 9.53 Å². The van der Waals surface area contributed by atoms with Gasteiger partial charge in [0, 0.05) is 23.8 Å². The second-order valence-corrected chi connectivity index (χ2v) is 6.34. The predicted molar refractivity (Wildman–Crippen MR) is 96.6 cm³/mol. The van der Waals surface area contributed by atoms with Crippen molar-refractivity contribution in [3.05, 3.63) is 71.4 Å². The molecular weight excluding hydrogens is 320 g/mol. The zero-order chi connectivity index (χ0) is 16.8. The van der Waals surface area contributed by atoms with E-state index < -0.39 is 0 Å². The van der Waals surface area contributed by atoms with E-state index >= 15 is 0 Å². The number of benzene rings is 1. The molecule has 0 saturated carbocycles. The summed E-state index contributed by atoms with van der Waals surface area (Å²) in [4.78, 5) is 18.1. The second-order valence-electron chi connectivity index (χ2n) is 5.26. The number of rotatable bonds is 6. The monoisotopic (exact) mass is 338 g/mol. The molecule has 0 unspecified atom stereocenters. The van der Waals surface area contributed by atoms with Crippen LogP contribution in [0.4, 0.5) is 0 Å². The average Bonchev–Trinajstić information content (AvgIpc) is 3.13. The number of nitrogens with zero attached hydrogens (tertiary/aromatic N) is 1. The number of methoxy groups -OCH3 is 1. The molecule has 24 heavy (non-hydrogen) atoms. The molecule has 2 heterocycles. The normalized spacial score (nSPS) is 10.4. The van der Waals surface area contributed by atoms with Crippen molar-refractivity contribution in [1.82, 2.24) is 10.3 Å². The Morgan fingerprint density at radius 1 is 1.17 bits per heavy atom. The van der Waals surface area contributed by atoms with E-state index in [0.717, 1.165) is 28.2 Å². The van der Waals surface area contributed by atoms with Crippen molar-refractivity contribution in [2.45, 2.75) is 6.42 Å². The van der Waals surface area contributed by atoms with E-state index in [1.807, 2.05) is 48.5 Å². The lowest BCUT2D eigenvalue weighted by molar-refractivity contribution is 0.0958. The van der Waals surface area contributed by atoms with Crippen LogP contribution in [0.15, 0.2) is 60.9 Å². The first-order valence-corrected chi connectivity index (χ1v) is 8.49. The number of pyridine rings is 1. The number of nitrogens with one attached hydrogen (secondary N) is 1. The summed E-state index contributed by atoms with van der Waals surface area (Å²) >= 11 is 1.49. The molecule has 2 aromatic heterocycles. The van der Waals surface area contributed by atoms with Crippen molar-refractivity contribution in [1.29, 1.82) is 0 Å². The van der Waals surface area contributed by atoms with Gasteiger partial charge >= 0.3 is 0 Å². The molecule has 0 aliphatic carbocycles. The largest absolute Gasteiger partial charge is 0.497 e. The summed E-state index contributed by atoms with van der Waals surface area (Å²) in [6.07, 6.45) is 4.28. The van der Waals surface area contributed by atoms with E-state index in [1.165, 1.54) is 11.3 Å². The minimum atomic E-state index is -0.0387. The van der Waals surface area contributed by atoms with Crippen LogP contribution >= 0.6 is 11.3 Å². The lowest BCUT2D eigenvalue weighted by Gasteiger charge is -2.06. The van der Waals surface area contributed by atoms with Gasteiger partial charge in [0.15, 0.2) is 0 Å². The number of hydrogen-bond acceptors (Lipinski definition) is 4. The quantitative estimate of drug-likeness (QED) is 0.744. The zero-order valence-electron chi connectivity index (χ0n) is 13.4. The molecule has 0 fully saturated rings. The van der Waals surface area contributed by atoms with E-state index in [0.29, 0.717) is 11.4 Å². The van der Waals surface area contributed by atoms with Gasteiger partial charge in [-0.15, -0.1) is 11.3 Å². The summed E-state index contributed by atoms with van der Waals surface area (Å²) in [5, 5.41) is 2.97. The SMILES string of the molecule is COc1cccc(CCNC(=O)c2ccc(-c3ccncc3)s2)c1. The van der Waals surface area contributed by atoms with Crippen LogP contribution in [-0.4, -0.2) is 24.5 Å². The average molecular weight is 338 g/mol. The summed E-state index contributed by atoms with van der Waals surface area (Å²) in [7, 11) is 1.65. The van der Waals surface area contributed by atoms with E-state index in [1.54, 1.807) is 19.5 Å². The van der Waals surface area contributed by atoms with E-state index in [2.05, 4.69) is 10.3 Å². The molecule has 0 spiro atoms. The number of aromatic nitrogens is 1. The number of ether oxygens (including phenoxy) is 1. The Morgan fingerprint density at radius 2 is 2.00 bits per heavy atom. The van der Waals surface area contributed by atoms with Gasteiger partial charge in [-0.1, -0.05) is 12.1 Å². The summed E-state index contributed by atoms with van der Waals surface area (Å²) in [6.45, 7) is 0.592. The summed E-state index contributed by atoms with van der Waals surface area (Å²) in [5.74, 6) is 0.794. The minimum Gasteiger partial charge on any atom is -0.497 e. The highest BCUT2D eigenvalue weighted by atomic mass is 32.1. The van der Waals surface area contributed by atoms with E-state index in [4.69, 9.17) is 4.74 Å². The maximum Gasteiger partial charge on any atom is 0.261 e. The molecule has 3 rings (SSSR count). The molecule has 0 radical (unpaired) electrons. The molecule has 1 N–H and O–H groups in total. The van der Waals surface area contributed by atoms with Gasteiger partial charge in [0.2, 0.25) is 0 Å². The molecule has 122 valence electrons. The molecule has 0 bridgehead atoms.